The first-order valence-electron chi connectivity index (χ1n) is 11.8. The van der Waals surface area contributed by atoms with Crippen LogP contribution in [0.25, 0.3) is 0 Å². The highest BCUT2D eigenvalue weighted by molar-refractivity contribution is 8.00. The van der Waals surface area contributed by atoms with E-state index in [4.69, 9.17) is 0 Å². The number of thioether (sulfide) groups is 1. The fraction of sp³-hybridized carbons (Fsp3) is 0.423. The zero-order chi connectivity index (χ0) is 22.9. The highest BCUT2D eigenvalue weighted by Crippen LogP contribution is 2.40. The van der Waals surface area contributed by atoms with Crippen molar-refractivity contribution >= 4 is 17.5 Å². The van der Waals surface area contributed by atoms with Gasteiger partial charge in [0.05, 0.1) is 6.04 Å². The van der Waals surface area contributed by atoms with Gasteiger partial charge in [0.1, 0.15) is 11.1 Å². The van der Waals surface area contributed by atoms with E-state index in [1.807, 2.05) is 16.8 Å². The number of rotatable bonds is 5. The molecule has 0 radical (unpaired) electrons. The van der Waals surface area contributed by atoms with Crippen molar-refractivity contribution in [2.45, 2.75) is 74.2 Å². The smallest absolute Gasteiger partial charge is 0.210 e. The van der Waals surface area contributed by atoms with Crippen LogP contribution in [0.1, 0.15) is 91.1 Å². The number of hydrogen-bond acceptors (Lipinski definition) is 5. The van der Waals surface area contributed by atoms with Crippen LogP contribution in [0, 0.1) is 5.82 Å². The Morgan fingerprint density at radius 3 is 2.33 bits per heavy atom. The molecular formula is C26H29FN4OS. The Balaban J connectivity index is 1.45. The summed E-state index contributed by atoms with van der Waals surface area (Å²) in [7, 11) is 0. The van der Waals surface area contributed by atoms with Crippen molar-refractivity contribution < 1.29 is 9.18 Å². The van der Waals surface area contributed by atoms with Crippen LogP contribution >= 0.6 is 11.8 Å². The lowest BCUT2D eigenvalue weighted by Crippen LogP contribution is -2.39. The van der Waals surface area contributed by atoms with E-state index in [2.05, 4.69) is 41.6 Å². The molecule has 0 saturated heterocycles. The number of Topliss-reactive ketones (excluding diaryl/α,β-unsaturated/α-hetero) is 1. The Morgan fingerprint density at radius 1 is 1.00 bits per heavy atom. The standard InChI is InChI=1S/C26H29FN4OS/c1-16(2)25-28-29-26-31(25)30-22(19-12-14-21(27)15-13-19)24(33-26)23(32)20-10-8-18(9-11-20)17-6-4-3-5-7-17/h8-17,22,24,30H,3-7H2,1-2H3/t22-,24+/m1/s1. The zero-order valence-electron chi connectivity index (χ0n) is 19.0. The molecular weight excluding hydrogens is 435 g/mol. The van der Waals surface area contributed by atoms with Gasteiger partial charge in [-0.2, -0.15) is 0 Å². The molecule has 0 unspecified atom stereocenters. The number of carbonyl (C=O) groups is 1. The summed E-state index contributed by atoms with van der Waals surface area (Å²) in [5, 5.41) is 8.89. The van der Waals surface area contributed by atoms with Gasteiger partial charge in [0.15, 0.2) is 11.6 Å². The van der Waals surface area contributed by atoms with E-state index in [1.165, 1.54) is 61.6 Å². The van der Waals surface area contributed by atoms with Gasteiger partial charge < -0.3 is 5.43 Å². The molecule has 7 heteroatoms. The summed E-state index contributed by atoms with van der Waals surface area (Å²) in [6, 6.07) is 14.2. The van der Waals surface area contributed by atoms with Crippen LogP contribution in [0.5, 0.6) is 0 Å². The van der Waals surface area contributed by atoms with Gasteiger partial charge in [-0.05, 0) is 42.0 Å². The van der Waals surface area contributed by atoms with Crippen LogP contribution in [-0.4, -0.2) is 25.9 Å². The summed E-state index contributed by atoms with van der Waals surface area (Å²) >= 11 is 1.42. The van der Waals surface area contributed by atoms with Crippen LogP contribution in [0.4, 0.5) is 4.39 Å². The fourth-order valence-corrected chi connectivity index (χ4v) is 6.05. The molecule has 2 aromatic carbocycles. The maximum Gasteiger partial charge on any atom is 0.210 e. The van der Waals surface area contributed by atoms with Crippen molar-refractivity contribution in [3.8, 4) is 0 Å². The van der Waals surface area contributed by atoms with E-state index in [0.717, 1.165) is 11.4 Å². The Morgan fingerprint density at radius 2 is 1.67 bits per heavy atom. The van der Waals surface area contributed by atoms with Crippen molar-refractivity contribution in [2.24, 2.45) is 0 Å². The minimum atomic E-state index is -0.437. The minimum Gasteiger partial charge on any atom is -0.313 e. The number of carbonyl (C=O) groups excluding carboxylic acids is 1. The molecule has 2 heterocycles. The number of nitrogens with zero attached hydrogens (tertiary/aromatic N) is 3. The number of benzene rings is 2. The van der Waals surface area contributed by atoms with Gasteiger partial charge in [0.2, 0.25) is 5.16 Å². The van der Waals surface area contributed by atoms with Crippen LogP contribution in [0.15, 0.2) is 53.7 Å². The highest BCUT2D eigenvalue weighted by Gasteiger charge is 2.38. The number of hydrogen-bond donors (Lipinski definition) is 1. The topological polar surface area (TPSA) is 59.8 Å². The Hall–Kier alpha value is -2.67. The molecule has 0 spiro atoms. The van der Waals surface area contributed by atoms with E-state index in [0.29, 0.717) is 16.6 Å². The van der Waals surface area contributed by atoms with Crippen LogP contribution < -0.4 is 5.43 Å². The fourth-order valence-electron chi connectivity index (χ4n) is 4.89. The van der Waals surface area contributed by atoms with Gasteiger partial charge in [-0.1, -0.05) is 81.3 Å². The minimum absolute atomic E-state index is 0.0392. The summed E-state index contributed by atoms with van der Waals surface area (Å²) in [4.78, 5) is 13.7. The first kappa shape index (κ1) is 22.1. The number of ketones is 1. The van der Waals surface area contributed by atoms with Crippen molar-refractivity contribution in [2.75, 3.05) is 5.43 Å². The van der Waals surface area contributed by atoms with Crippen LogP contribution in [0.2, 0.25) is 0 Å². The van der Waals surface area contributed by atoms with Crippen molar-refractivity contribution in [3.05, 3.63) is 76.9 Å². The van der Waals surface area contributed by atoms with Gasteiger partial charge in [0, 0.05) is 11.5 Å². The third-order valence-electron chi connectivity index (χ3n) is 6.74. The third-order valence-corrected chi connectivity index (χ3v) is 7.95. The summed E-state index contributed by atoms with van der Waals surface area (Å²) in [6.45, 7) is 4.11. The van der Waals surface area contributed by atoms with Crippen molar-refractivity contribution in [3.63, 3.8) is 0 Å². The Labute approximate surface area is 198 Å². The van der Waals surface area contributed by atoms with Gasteiger partial charge >= 0.3 is 0 Å². The molecule has 5 rings (SSSR count). The molecule has 2 aliphatic rings. The zero-order valence-corrected chi connectivity index (χ0v) is 19.8. The molecule has 3 aromatic rings. The lowest BCUT2D eigenvalue weighted by atomic mass is 9.83. The van der Waals surface area contributed by atoms with Gasteiger partial charge in [0.25, 0.3) is 0 Å². The highest BCUT2D eigenvalue weighted by atomic mass is 32.2. The molecule has 0 bridgehead atoms. The second-order valence-electron chi connectivity index (χ2n) is 9.35. The normalized spacial score (nSPS) is 21.0. The van der Waals surface area contributed by atoms with Gasteiger partial charge in [-0.15, -0.1) is 10.2 Å². The van der Waals surface area contributed by atoms with Crippen LogP contribution in [-0.2, 0) is 0 Å². The number of fused-ring (bicyclic) bond motifs is 1. The molecule has 1 aromatic heterocycles. The number of halogens is 1. The molecule has 1 N–H and O–H groups in total. The average Bonchev–Trinajstić information content (AvgIpc) is 3.27. The summed E-state index contributed by atoms with van der Waals surface area (Å²) in [6.07, 6.45) is 6.36. The molecule has 33 heavy (non-hydrogen) atoms. The van der Waals surface area contributed by atoms with Crippen molar-refractivity contribution in [1.82, 2.24) is 14.9 Å². The second-order valence-corrected chi connectivity index (χ2v) is 10.5. The SMILES string of the molecule is CC(C)c1nnc2n1N[C@H](c1ccc(F)cc1)[C@@H](C(=O)c1ccc(C3CCCCC3)cc1)S2. The summed E-state index contributed by atoms with van der Waals surface area (Å²) in [5.74, 6) is 1.34. The van der Waals surface area contributed by atoms with Crippen molar-refractivity contribution in [1.29, 1.82) is 0 Å². The van der Waals surface area contributed by atoms with Crippen LogP contribution in [0.3, 0.4) is 0 Å². The predicted molar refractivity (Wildman–Crippen MR) is 129 cm³/mol. The molecule has 172 valence electrons. The van der Waals surface area contributed by atoms with E-state index >= 15 is 0 Å². The second kappa shape index (κ2) is 9.29. The van der Waals surface area contributed by atoms with Gasteiger partial charge in [-0.3, -0.25) is 4.79 Å². The Bertz CT molecular complexity index is 1120. The van der Waals surface area contributed by atoms with E-state index in [-0.39, 0.29) is 23.6 Å². The third kappa shape index (κ3) is 4.43. The van der Waals surface area contributed by atoms with E-state index in [9.17, 15) is 9.18 Å². The van der Waals surface area contributed by atoms with E-state index < -0.39 is 5.25 Å². The first-order valence-corrected chi connectivity index (χ1v) is 12.7. The molecule has 1 aliphatic heterocycles. The van der Waals surface area contributed by atoms with E-state index in [1.54, 1.807) is 12.1 Å². The number of aromatic nitrogens is 3. The van der Waals surface area contributed by atoms with Gasteiger partial charge in [-0.25, -0.2) is 9.07 Å². The lowest BCUT2D eigenvalue weighted by Gasteiger charge is -2.33. The molecule has 1 fully saturated rings. The average molecular weight is 465 g/mol. The molecule has 1 aliphatic carbocycles. The maximum absolute atomic E-state index is 13.7. The molecule has 1 saturated carbocycles. The monoisotopic (exact) mass is 464 g/mol. The maximum atomic E-state index is 13.7. The molecule has 5 nitrogen and oxygen atoms in total. The number of nitrogens with one attached hydrogen (secondary N) is 1. The summed E-state index contributed by atoms with van der Waals surface area (Å²) < 4.78 is 15.5. The quantitative estimate of drug-likeness (QED) is 0.454. The lowest BCUT2D eigenvalue weighted by molar-refractivity contribution is 0.0980. The first-order chi connectivity index (χ1) is 16.0. The summed E-state index contributed by atoms with van der Waals surface area (Å²) in [5.41, 5.74) is 6.33. The predicted octanol–water partition coefficient (Wildman–Crippen LogP) is 6.23. The molecule has 2 atom stereocenters. The largest absolute Gasteiger partial charge is 0.313 e. The Kier molecular flexibility index (Phi) is 6.23. The molecule has 0 amide bonds.